The maximum atomic E-state index is 5.74. The van der Waals surface area contributed by atoms with Crippen LogP contribution in [0.3, 0.4) is 0 Å². The Kier molecular flexibility index (Phi) is 5.15. The maximum Gasteiger partial charge on any atom is 0.222 e. The van der Waals surface area contributed by atoms with E-state index in [1.165, 1.54) is 0 Å². The summed E-state index contributed by atoms with van der Waals surface area (Å²) in [5, 5.41) is 3.20. The predicted octanol–water partition coefficient (Wildman–Crippen LogP) is 1.94. The summed E-state index contributed by atoms with van der Waals surface area (Å²) in [5.41, 5.74) is 0.931. The third-order valence-electron chi connectivity index (χ3n) is 2.27. The third-order valence-corrected chi connectivity index (χ3v) is 2.27. The Morgan fingerprint density at radius 2 is 2.00 bits per heavy atom. The molecular formula is C12H21N3O2. The van der Waals surface area contributed by atoms with Crippen molar-refractivity contribution in [1.29, 1.82) is 0 Å². The number of nitrogens with zero attached hydrogens (tertiary/aromatic N) is 2. The highest BCUT2D eigenvalue weighted by Gasteiger charge is 2.12. The van der Waals surface area contributed by atoms with Crippen LogP contribution >= 0.6 is 0 Å². The van der Waals surface area contributed by atoms with Crippen molar-refractivity contribution in [2.75, 3.05) is 25.6 Å². The van der Waals surface area contributed by atoms with Crippen molar-refractivity contribution in [2.24, 2.45) is 0 Å². The first kappa shape index (κ1) is 13.7. The van der Waals surface area contributed by atoms with Gasteiger partial charge in [0.2, 0.25) is 5.88 Å². The van der Waals surface area contributed by atoms with Gasteiger partial charge in [0.05, 0.1) is 12.2 Å². The first-order chi connectivity index (χ1) is 8.08. The third kappa shape index (κ3) is 3.85. The van der Waals surface area contributed by atoms with Crippen LogP contribution in [0.5, 0.6) is 5.88 Å². The Labute approximate surface area is 103 Å². The molecule has 0 saturated carbocycles. The molecular weight excluding hydrogens is 218 g/mol. The molecule has 0 aliphatic carbocycles. The van der Waals surface area contributed by atoms with Crippen molar-refractivity contribution in [2.45, 2.75) is 33.8 Å². The van der Waals surface area contributed by atoms with Crippen LogP contribution in [0.15, 0.2) is 0 Å². The Morgan fingerprint density at radius 3 is 2.59 bits per heavy atom. The van der Waals surface area contributed by atoms with Crippen LogP contribution in [0.4, 0.5) is 5.82 Å². The number of aromatic nitrogens is 2. The van der Waals surface area contributed by atoms with Gasteiger partial charge in [-0.25, -0.2) is 4.98 Å². The number of hydrogen-bond donors (Lipinski definition) is 1. The van der Waals surface area contributed by atoms with Crippen molar-refractivity contribution >= 4 is 5.82 Å². The molecule has 0 aromatic carbocycles. The first-order valence-electron chi connectivity index (χ1n) is 5.83. The van der Waals surface area contributed by atoms with Gasteiger partial charge in [0.15, 0.2) is 0 Å². The van der Waals surface area contributed by atoms with Crippen LogP contribution < -0.4 is 10.1 Å². The highest BCUT2D eigenvalue weighted by atomic mass is 16.5. The molecule has 0 amide bonds. The molecule has 5 nitrogen and oxygen atoms in total. The second-order valence-electron chi connectivity index (χ2n) is 3.96. The standard InChI is InChI=1S/C12H21N3O2/c1-6-13-11-9(3)12(15-10(4)14-11)17-8(2)7-16-5/h8H,6-7H2,1-5H3,(H,13,14,15). The Morgan fingerprint density at radius 1 is 1.29 bits per heavy atom. The van der Waals surface area contributed by atoms with E-state index in [4.69, 9.17) is 9.47 Å². The Balaban J connectivity index is 2.90. The zero-order valence-electron chi connectivity index (χ0n) is 11.2. The number of ether oxygens (including phenoxy) is 2. The minimum atomic E-state index is -0.0255. The smallest absolute Gasteiger partial charge is 0.222 e. The van der Waals surface area contributed by atoms with Gasteiger partial charge in [0, 0.05) is 13.7 Å². The summed E-state index contributed by atoms with van der Waals surface area (Å²) >= 11 is 0. The van der Waals surface area contributed by atoms with E-state index < -0.39 is 0 Å². The van der Waals surface area contributed by atoms with Crippen LogP contribution in [0.2, 0.25) is 0 Å². The molecule has 17 heavy (non-hydrogen) atoms. The number of anilines is 1. The number of nitrogens with one attached hydrogen (secondary N) is 1. The van der Waals surface area contributed by atoms with Crippen molar-refractivity contribution in [3.8, 4) is 5.88 Å². The minimum Gasteiger partial charge on any atom is -0.472 e. The average molecular weight is 239 g/mol. The first-order valence-corrected chi connectivity index (χ1v) is 5.83. The van der Waals surface area contributed by atoms with E-state index in [1.807, 2.05) is 27.7 Å². The van der Waals surface area contributed by atoms with E-state index in [-0.39, 0.29) is 6.10 Å². The lowest BCUT2D eigenvalue weighted by molar-refractivity contribution is 0.0883. The summed E-state index contributed by atoms with van der Waals surface area (Å²) in [6.45, 7) is 9.15. The van der Waals surface area contributed by atoms with Gasteiger partial charge in [-0.05, 0) is 27.7 Å². The summed E-state index contributed by atoms with van der Waals surface area (Å²) in [7, 11) is 1.65. The molecule has 0 aliphatic rings. The highest BCUT2D eigenvalue weighted by Crippen LogP contribution is 2.22. The van der Waals surface area contributed by atoms with Gasteiger partial charge in [-0.2, -0.15) is 4.98 Å². The topological polar surface area (TPSA) is 56.3 Å². The Bertz CT molecular complexity index is 369. The molecule has 0 radical (unpaired) electrons. The molecule has 0 aliphatic heterocycles. The molecule has 96 valence electrons. The molecule has 1 aromatic rings. The molecule has 0 fully saturated rings. The fourth-order valence-electron chi connectivity index (χ4n) is 1.52. The van der Waals surface area contributed by atoms with Gasteiger partial charge in [-0.1, -0.05) is 0 Å². The van der Waals surface area contributed by atoms with Crippen molar-refractivity contribution in [3.05, 3.63) is 11.4 Å². The quantitative estimate of drug-likeness (QED) is 0.822. The Hall–Kier alpha value is -1.36. The molecule has 1 heterocycles. The number of hydrogen-bond acceptors (Lipinski definition) is 5. The summed E-state index contributed by atoms with van der Waals surface area (Å²) in [5.74, 6) is 2.16. The molecule has 1 aromatic heterocycles. The van der Waals surface area contributed by atoms with Crippen LogP contribution in [0.25, 0.3) is 0 Å². The zero-order valence-corrected chi connectivity index (χ0v) is 11.2. The van der Waals surface area contributed by atoms with Crippen LogP contribution in [0, 0.1) is 13.8 Å². The number of aryl methyl sites for hydroxylation is 1. The fourth-order valence-corrected chi connectivity index (χ4v) is 1.52. The second kappa shape index (κ2) is 6.39. The monoisotopic (exact) mass is 239 g/mol. The molecule has 1 N–H and O–H groups in total. The second-order valence-corrected chi connectivity index (χ2v) is 3.96. The highest BCUT2D eigenvalue weighted by molar-refractivity contribution is 5.48. The summed E-state index contributed by atoms with van der Waals surface area (Å²) < 4.78 is 10.8. The summed E-state index contributed by atoms with van der Waals surface area (Å²) in [6.07, 6.45) is -0.0255. The molecule has 1 unspecified atom stereocenters. The largest absolute Gasteiger partial charge is 0.472 e. The molecule has 0 saturated heterocycles. The molecule has 5 heteroatoms. The molecule has 0 bridgehead atoms. The van der Waals surface area contributed by atoms with E-state index in [1.54, 1.807) is 7.11 Å². The van der Waals surface area contributed by atoms with E-state index in [0.29, 0.717) is 18.3 Å². The predicted molar refractivity (Wildman–Crippen MR) is 67.6 cm³/mol. The lowest BCUT2D eigenvalue weighted by Crippen LogP contribution is -2.20. The lowest BCUT2D eigenvalue weighted by Gasteiger charge is -2.16. The average Bonchev–Trinajstić information content (AvgIpc) is 2.25. The normalized spacial score (nSPS) is 12.3. The van der Waals surface area contributed by atoms with Crippen LogP contribution in [0.1, 0.15) is 25.2 Å². The van der Waals surface area contributed by atoms with Gasteiger partial charge in [-0.15, -0.1) is 0 Å². The summed E-state index contributed by atoms with van der Waals surface area (Å²) in [6, 6.07) is 0. The summed E-state index contributed by atoms with van der Waals surface area (Å²) in [4.78, 5) is 8.65. The fraction of sp³-hybridized carbons (Fsp3) is 0.667. The SMILES string of the molecule is CCNc1nc(C)nc(OC(C)COC)c1C. The van der Waals surface area contributed by atoms with E-state index in [2.05, 4.69) is 15.3 Å². The van der Waals surface area contributed by atoms with Gasteiger partial charge in [0.25, 0.3) is 0 Å². The minimum absolute atomic E-state index is 0.0255. The van der Waals surface area contributed by atoms with Gasteiger partial charge >= 0.3 is 0 Å². The van der Waals surface area contributed by atoms with Crippen molar-refractivity contribution < 1.29 is 9.47 Å². The maximum absolute atomic E-state index is 5.74. The van der Waals surface area contributed by atoms with Crippen molar-refractivity contribution in [3.63, 3.8) is 0 Å². The molecule has 1 atom stereocenters. The zero-order chi connectivity index (χ0) is 12.8. The van der Waals surface area contributed by atoms with Crippen LogP contribution in [-0.2, 0) is 4.74 Å². The number of methoxy groups -OCH3 is 1. The van der Waals surface area contributed by atoms with Gasteiger partial charge in [0.1, 0.15) is 17.7 Å². The van der Waals surface area contributed by atoms with Crippen molar-refractivity contribution in [1.82, 2.24) is 9.97 Å². The van der Waals surface area contributed by atoms with Gasteiger partial charge < -0.3 is 14.8 Å². The van der Waals surface area contributed by atoms with E-state index >= 15 is 0 Å². The molecule has 0 spiro atoms. The van der Waals surface area contributed by atoms with Crippen LogP contribution in [-0.4, -0.2) is 36.3 Å². The van der Waals surface area contributed by atoms with E-state index in [9.17, 15) is 0 Å². The number of rotatable bonds is 6. The lowest BCUT2D eigenvalue weighted by atomic mass is 10.3. The molecule has 1 rings (SSSR count). The van der Waals surface area contributed by atoms with E-state index in [0.717, 1.165) is 17.9 Å². The van der Waals surface area contributed by atoms with Gasteiger partial charge in [-0.3, -0.25) is 0 Å².